The van der Waals surface area contributed by atoms with Gasteiger partial charge in [0.15, 0.2) is 5.96 Å². The lowest BCUT2D eigenvalue weighted by Crippen LogP contribution is -2.32. The molecule has 0 atom stereocenters. The van der Waals surface area contributed by atoms with Crippen LogP contribution in [0.5, 0.6) is 5.75 Å². The number of benzene rings is 1. The molecule has 0 bridgehead atoms. The minimum absolute atomic E-state index is 0.0211. The van der Waals surface area contributed by atoms with Gasteiger partial charge in [0, 0.05) is 31.9 Å². The molecular weight excluding hydrogens is 318 g/mol. The van der Waals surface area contributed by atoms with E-state index < -0.39 is 0 Å². The van der Waals surface area contributed by atoms with Crippen LogP contribution in [0.25, 0.3) is 0 Å². The van der Waals surface area contributed by atoms with Gasteiger partial charge in [0.05, 0.1) is 12.8 Å². The van der Waals surface area contributed by atoms with Crippen LogP contribution in [0.2, 0.25) is 0 Å². The number of amides is 1. The van der Waals surface area contributed by atoms with E-state index in [2.05, 4.69) is 15.3 Å². The number of carbonyl (C=O) groups excluding carboxylic acids is 1. The first-order chi connectivity index (χ1) is 12.1. The van der Waals surface area contributed by atoms with E-state index in [9.17, 15) is 4.79 Å². The van der Waals surface area contributed by atoms with Gasteiger partial charge in [-0.15, -0.1) is 0 Å². The maximum Gasteiger partial charge on any atom is 0.244 e. The van der Waals surface area contributed by atoms with Crippen LogP contribution < -0.4 is 15.8 Å². The SMILES string of the molecule is COc1ccccc1NC(N)=NCC(=O)N(C)CCc1ccccn1. The third kappa shape index (κ3) is 5.80. The highest BCUT2D eigenvalue weighted by molar-refractivity contribution is 5.95. The zero-order chi connectivity index (χ0) is 18.1. The molecule has 1 aromatic carbocycles. The number of rotatable bonds is 7. The first-order valence-corrected chi connectivity index (χ1v) is 7.94. The highest BCUT2D eigenvalue weighted by Crippen LogP contribution is 2.22. The molecule has 0 aliphatic rings. The van der Waals surface area contributed by atoms with Gasteiger partial charge in [0.2, 0.25) is 5.91 Å². The lowest BCUT2D eigenvalue weighted by Gasteiger charge is -2.16. The quantitative estimate of drug-likeness (QED) is 0.588. The van der Waals surface area contributed by atoms with Crippen LogP contribution in [-0.4, -0.2) is 49.0 Å². The smallest absolute Gasteiger partial charge is 0.244 e. The Morgan fingerprint density at radius 3 is 2.76 bits per heavy atom. The molecule has 0 saturated carbocycles. The highest BCUT2D eigenvalue weighted by atomic mass is 16.5. The van der Waals surface area contributed by atoms with Crippen LogP contribution in [-0.2, 0) is 11.2 Å². The highest BCUT2D eigenvalue weighted by Gasteiger charge is 2.09. The van der Waals surface area contributed by atoms with Crippen molar-refractivity contribution < 1.29 is 9.53 Å². The molecule has 0 radical (unpaired) electrons. The number of nitrogens with zero attached hydrogens (tertiary/aromatic N) is 3. The molecule has 1 aromatic heterocycles. The Balaban J connectivity index is 1.83. The molecule has 0 fully saturated rings. The van der Waals surface area contributed by atoms with Crippen molar-refractivity contribution in [1.82, 2.24) is 9.88 Å². The molecule has 132 valence electrons. The van der Waals surface area contributed by atoms with Crippen molar-refractivity contribution in [2.45, 2.75) is 6.42 Å². The second-order valence-corrected chi connectivity index (χ2v) is 5.41. The lowest BCUT2D eigenvalue weighted by molar-refractivity contribution is -0.128. The summed E-state index contributed by atoms with van der Waals surface area (Å²) in [4.78, 5) is 22.1. The number of nitrogens with two attached hydrogens (primary N) is 1. The van der Waals surface area contributed by atoms with Gasteiger partial charge in [-0.3, -0.25) is 9.78 Å². The summed E-state index contributed by atoms with van der Waals surface area (Å²) < 4.78 is 5.23. The van der Waals surface area contributed by atoms with Crippen molar-refractivity contribution in [3.63, 3.8) is 0 Å². The summed E-state index contributed by atoms with van der Waals surface area (Å²) in [6.45, 7) is 0.553. The zero-order valence-electron chi connectivity index (χ0n) is 14.5. The molecule has 3 N–H and O–H groups in total. The molecular formula is C18H23N5O2. The average Bonchev–Trinajstić information content (AvgIpc) is 2.65. The van der Waals surface area contributed by atoms with Crippen molar-refractivity contribution in [2.75, 3.05) is 32.6 Å². The van der Waals surface area contributed by atoms with E-state index in [1.54, 1.807) is 25.3 Å². The van der Waals surface area contributed by atoms with Gasteiger partial charge in [0.25, 0.3) is 0 Å². The summed E-state index contributed by atoms with van der Waals surface area (Å²) in [5.74, 6) is 0.705. The Morgan fingerprint density at radius 2 is 2.04 bits per heavy atom. The molecule has 0 unspecified atom stereocenters. The Kier molecular flexibility index (Phi) is 6.76. The lowest BCUT2D eigenvalue weighted by atomic mass is 10.2. The van der Waals surface area contributed by atoms with Gasteiger partial charge in [-0.25, -0.2) is 4.99 Å². The number of likely N-dealkylation sites (N-methyl/N-ethyl adjacent to an activating group) is 1. The van der Waals surface area contributed by atoms with Crippen molar-refractivity contribution in [3.05, 3.63) is 54.4 Å². The van der Waals surface area contributed by atoms with E-state index in [0.29, 0.717) is 24.4 Å². The fourth-order valence-corrected chi connectivity index (χ4v) is 2.15. The monoisotopic (exact) mass is 341 g/mol. The third-order valence-corrected chi connectivity index (χ3v) is 3.61. The number of pyridine rings is 1. The van der Waals surface area contributed by atoms with Crippen LogP contribution in [0, 0.1) is 0 Å². The number of carbonyl (C=O) groups is 1. The van der Waals surface area contributed by atoms with E-state index in [4.69, 9.17) is 10.5 Å². The number of guanidine groups is 1. The topological polar surface area (TPSA) is 92.8 Å². The van der Waals surface area contributed by atoms with Gasteiger partial charge in [-0.2, -0.15) is 0 Å². The number of para-hydroxylation sites is 2. The van der Waals surface area contributed by atoms with Gasteiger partial charge >= 0.3 is 0 Å². The summed E-state index contributed by atoms with van der Waals surface area (Å²) in [5.41, 5.74) is 7.49. The number of aliphatic imine (C=N–C) groups is 1. The van der Waals surface area contributed by atoms with Crippen molar-refractivity contribution in [1.29, 1.82) is 0 Å². The van der Waals surface area contributed by atoms with Crippen LogP contribution >= 0.6 is 0 Å². The number of ether oxygens (including phenoxy) is 1. The summed E-state index contributed by atoms with van der Waals surface area (Å²) in [6.07, 6.45) is 2.44. The molecule has 0 spiro atoms. The summed E-state index contributed by atoms with van der Waals surface area (Å²) >= 11 is 0. The van der Waals surface area contributed by atoms with E-state index in [1.807, 2.05) is 42.5 Å². The largest absolute Gasteiger partial charge is 0.495 e. The summed E-state index contributed by atoms with van der Waals surface area (Å²) in [7, 11) is 3.32. The van der Waals surface area contributed by atoms with E-state index in [-0.39, 0.29) is 18.4 Å². The third-order valence-electron chi connectivity index (χ3n) is 3.61. The molecule has 0 saturated heterocycles. The van der Waals surface area contributed by atoms with Crippen LogP contribution in [0.4, 0.5) is 5.69 Å². The van der Waals surface area contributed by atoms with Crippen LogP contribution in [0.1, 0.15) is 5.69 Å². The maximum absolute atomic E-state index is 12.1. The second-order valence-electron chi connectivity index (χ2n) is 5.41. The molecule has 0 aliphatic heterocycles. The summed E-state index contributed by atoms with van der Waals surface area (Å²) in [6, 6.07) is 13.1. The fourth-order valence-electron chi connectivity index (χ4n) is 2.15. The molecule has 2 rings (SSSR count). The Labute approximate surface area is 147 Å². The predicted molar refractivity (Wildman–Crippen MR) is 98.7 cm³/mol. The minimum atomic E-state index is -0.110. The van der Waals surface area contributed by atoms with E-state index in [0.717, 1.165) is 5.69 Å². The molecule has 0 aliphatic carbocycles. The normalized spacial score (nSPS) is 11.0. The second kappa shape index (κ2) is 9.27. The average molecular weight is 341 g/mol. The number of hydrogen-bond donors (Lipinski definition) is 2. The molecule has 25 heavy (non-hydrogen) atoms. The van der Waals surface area contributed by atoms with Crippen LogP contribution in [0.15, 0.2) is 53.7 Å². The molecule has 1 heterocycles. The van der Waals surface area contributed by atoms with Gasteiger partial charge < -0.3 is 20.7 Å². The first-order valence-electron chi connectivity index (χ1n) is 7.94. The number of anilines is 1. The Morgan fingerprint density at radius 1 is 1.28 bits per heavy atom. The predicted octanol–water partition coefficient (Wildman–Crippen LogP) is 1.52. The molecule has 7 heteroatoms. The maximum atomic E-state index is 12.1. The fraction of sp³-hybridized carbons (Fsp3) is 0.278. The molecule has 1 amide bonds. The van der Waals surface area contributed by atoms with Gasteiger partial charge in [0.1, 0.15) is 12.3 Å². The number of hydrogen-bond acceptors (Lipinski definition) is 4. The van der Waals surface area contributed by atoms with E-state index >= 15 is 0 Å². The molecule has 2 aromatic rings. The number of aromatic nitrogens is 1. The summed E-state index contributed by atoms with van der Waals surface area (Å²) in [5, 5.41) is 2.94. The standard InChI is InChI=1S/C18H23N5O2/c1-23(12-10-14-7-5-6-11-20-14)17(24)13-21-18(19)22-15-8-3-4-9-16(15)25-2/h3-9,11H,10,12-13H2,1-2H3,(H3,19,21,22). The van der Waals surface area contributed by atoms with Gasteiger partial charge in [-0.1, -0.05) is 18.2 Å². The van der Waals surface area contributed by atoms with Crippen LogP contribution in [0.3, 0.4) is 0 Å². The number of methoxy groups -OCH3 is 1. The molecule has 7 nitrogen and oxygen atoms in total. The van der Waals surface area contributed by atoms with Crippen molar-refractivity contribution in [2.24, 2.45) is 10.7 Å². The Bertz CT molecular complexity index is 718. The van der Waals surface area contributed by atoms with E-state index in [1.165, 1.54) is 0 Å². The zero-order valence-corrected chi connectivity index (χ0v) is 14.5. The minimum Gasteiger partial charge on any atom is -0.495 e. The first kappa shape index (κ1) is 18.3. The van der Waals surface area contributed by atoms with Crippen molar-refractivity contribution in [3.8, 4) is 5.75 Å². The Hall–Kier alpha value is -3.09. The van der Waals surface area contributed by atoms with Crippen molar-refractivity contribution >= 4 is 17.6 Å². The number of nitrogens with one attached hydrogen (secondary N) is 1. The van der Waals surface area contributed by atoms with Gasteiger partial charge in [-0.05, 0) is 24.3 Å².